The number of Topliss-reactive ketones (excluding diaryl/α,β-unsaturated/α-hetero) is 1. The van der Waals surface area contributed by atoms with E-state index in [1.165, 1.54) is 24.3 Å². The SMILES string of the molecule is CC1(C)C2CCC1(CS(=O)(=O)Nc1ccc([N+](=O)[O-])cc1)C(=O)C2. The topological polar surface area (TPSA) is 106 Å². The van der Waals surface area contributed by atoms with Gasteiger partial charge in [-0.2, -0.15) is 0 Å². The average Bonchev–Trinajstić information content (AvgIpc) is 2.81. The van der Waals surface area contributed by atoms with Crippen LogP contribution < -0.4 is 4.72 Å². The second-order valence-corrected chi connectivity index (χ2v) is 9.05. The van der Waals surface area contributed by atoms with Crippen molar-refractivity contribution in [2.75, 3.05) is 10.5 Å². The lowest BCUT2D eigenvalue weighted by Gasteiger charge is -2.36. The van der Waals surface area contributed by atoms with E-state index in [1.807, 2.05) is 13.8 Å². The van der Waals surface area contributed by atoms with E-state index >= 15 is 0 Å². The number of rotatable bonds is 5. The highest BCUT2D eigenvalue weighted by molar-refractivity contribution is 7.92. The number of non-ortho nitro benzene ring substituents is 1. The van der Waals surface area contributed by atoms with Crippen LogP contribution >= 0.6 is 0 Å². The van der Waals surface area contributed by atoms with Crippen LogP contribution in [0.5, 0.6) is 0 Å². The molecule has 2 bridgehead atoms. The van der Waals surface area contributed by atoms with Gasteiger partial charge in [-0.25, -0.2) is 8.42 Å². The standard InChI is InChI=1S/C16H20N2O5S/c1-15(2)11-7-8-16(15,14(19)9-11)10-24(22,23)17-12-3-5-13(6-4-12)18(20)21/h3-6,11,17H,7-10H2,1-2H3. The molecule has 1 N–H and O–H groups in total. The largest absolute Gasteiger partial charge is 0.299 e. The van der Waals surface area contributed by atoms with Crippen molar-refractivity contribution in [2.24, 2.45) is 16.7 Å². The Morgan fingerprint density at radius 2 is 1.92 bits per heavy atom. The quantitative estimate of drug-likeness (QED) is 0.648. The van der Waals surface area contributed by atoms with E-state index in [-0.39, 0.29) is 34.2 Å². The van der Waals surface area contributed by atoms with Crippen LogP contribution in [0.1, 0.15) is 33.1 Å². The number of nitro benzene ring substituents is 1. The predicted octanol–water partition coefficient (Wildman–Crippen LogP) is 2.73. The summed E-state index contributed by atoms with van der Waals surface area (Å²) in [4.78, 5) is 22.6. The van der Waals surface area contributed by atoms with Gasteiger partial charge in [-0.05, 0) is 36.3 Å². The van der Waals surface area contributed by atoms with E-state index in [0.29, 0.717) is 12.8 Å². The van der Waals surface area contributed by atoms with Crippen LogP contribution in [0.25, 0.3) is 0 Å². The Hall–Kier alpha value is -1.96. The highest BCUT2D eigenvalue weighted by Crippen LogP contribution is 2.64. The molecule has 130 valence electrons. The molecule has 0 radical (unpaired) electrons. The van der Waals surface area contributed by atoms with Gasteiger partial charge in [-0.3, -0.25) is 19.6 Å². The zero-order valence-electron chi connectivity index (χ0n) is 13.6. The molecule has 0 aliphatic heterocycles. The summed E-state index contributed by atoms with van der Waals surface area (Å²) in [6.07, 6.45) is 1.94. The van der Waals surface area contributed by atoms with E-state index in [4.69, 9.17) is 0 Å². The second-order valence-electron chi connectivity index (χ2n) is 7.33. The third-order valence-corrected chi connectivity index (χ3v) is 7.35. The predicted molar refractivity (Wildman–Crippen MR) is 89.1 cm³/mol. The third-order valence-electron chi connectivity index (χ3n) is 5.93. The van der Waals surface area contributed by atoms with Crippen molar-refractivity contribution in [3.05, 3.63) is 34.4 Å². The summed E-state index contributed by atoms with van der Waals surface area (Å²) >= 11 is 0. The minimum atomic E-state index is -3.74. The summed E-state index contributed by atoms with van der Waals surface area (Å²) in [6, 6.07) is 5.19. The van der Waals surface area contributed by atoms with Crippen molar-refractivity contribution in [1.82, 2.24) is 0 Å². The van der Waals surface area contributed by atoms with Crippen LogP contribution in [0, 0.1) is 26.9 Å². The number of sulfonamides is 1. The summed E-state index contributed by atoms with van der Waals surface area (Å²) in [7, 11) is -3.74. The van der Waals surface area contributed by atoms with Gasteiger partial charge in [0.15, 0.2) is 0 Å². The average molecular weight is 352 g/mol. The summed E-state index contributed by atoms with van der Waals surface area (Å²) in [5.74, 6) is 0.0525. The minimum Gasteiger partial charge on any atom is -0.299 e. The molecule has 2 saturated carbocycles. The number of anilines is 1. The molecule has 8 heteroatoms. The van der Waals surface area contributed by atoms with Gasteiger partial charge in [-0.1, -0.05) is 13.8 Å². The monoisotopic (exact) mass is 352 g/mol. The van der Waals surface area contributed by atoms with Crippen LogP contribution in [-0.2, 0) is 14.8 Å². The number of nitro groups is 1. The van der Waals surface area contributed by atoms with Gasteiger partial charge in [0.1, 0.15) is 5.78 Å². The van der Waals surface area contributed by atoms with Gasteiger partial charge in [0.05, 0.1) is 16.1 Å². The summed E-state index contributed by atoms with van der Waals surface area (Å²) in [6.45, 7) is 3.97. The van der Waals surface area contributed by atoms with E-state index in [1.54, 1.807) is 0 Å². The number of nitrogens with zero attached hydrogens (tertiary/aromatic N) is 1. The number of carbonyl (C=O) groups excluding carboxylic acids is 1. The Kier molecular flexibility index (Phi) is 3.71. The molecule has 0 heterocycles. The number of nitrogens with one attached hydrogen (secondary N) is 1. The van der Waals surface area contributed by atoms with Gasteiger partial charge >= 0.3 is 0 Å². The third kappa shape index (κ3) is 2.49. The first-order valence-corrected chi connectivity index (χ1v) is 9.51. The number of fused-ring (bicyclic) bond motifs is 2. The van der Waals surface area contributed by atoms with Crippen LogP contribution in [0.15, 0.2) is 24.3 Å². The smallest absolute Gasteiger partial charge is 0.269 e. The maximum Gasteiger partial charge on any atom is 0.269 e. The summed E-state index contributed by atoms with van der Waals surface area (Å²) < 4.78 is 27.6. The fourth-order valence-electron chi connectivity index (χ4n) is 4.30. The first-order chi connectivity index (χ1) is 11.1. The molecular formula is C16H20N2O5S. The van der Waals surface area contributed by atoms with Gasteiger partial charge in [0.25, 0.3) is 5.69 Å². The van der Waals surface area contributed by atoms with E-state index in [9.17, 15) is 23.3 Å². The molecule has 1 aromatic rings. The molecule has 2 unspecified atom stereocenters. The maximum absolute atomic E-state index is 12.6. The first kappa shape index (κ1) is 16.9. The molecule has 2 atom stereocenters. The lowest BCUT2D eigenvalue weighted by Crippen LogP contribution is -2.43. The highest BCUT2D eigenvalue weighted by atomic mass is 32.2. The van der Waals surface area contributed by atoms with E-state index in [2.05, 4.69) is 4.72 Å². The first-order valence-electron chi connectivity index (χ1n) is 7.86. The normalized spacial score (nSPS) is 28.1. The van der Waals surface area contributed by atoms with Crippen molar-refractivity contribution < 1.29 is 18.1 Å². The van der Waals surface area contributed by atoms with Crippen molar-refractivity contribution in [3.63, 3.8) is 0 Å². The Morgan fingerprint density at radius 1 is 1.29 bits per heavy atom. The van der Waals surface area contributed by atoms with Crippen molar-refractivity contribution in [3.8, 4) is 0 Å². The highest BCUT2D eigenvalue weighted by Gasteiger charge is 2.65. The zero-order chi connectivity index (χ0) is 17.8. The van der Waals surface area contributed by atoms with Crippen LogP contribution in [0.2, 0.25) is 0 Å². The maximum atomic E-state index is 12.6. The van der Waals surface area contributed by atoms with Crippen LogP contribution in [0.4, 0.5) is 11.4 Å². The van der Waals surface area contributed by atoms with Crippen LogP contribution in [0.3, 0.4) is 0 Å². The molecule has 1 aromatic carbocycles. The van der Waals surface area contributed by atoms with Crippen molar-refractivity contribution in [1.29, 1.82) is 0 Å². The summed E-state index contributed by atoms with van der Waals surface area (Å²) in [5.41, 5.74) is -1.00. The molecule has 3 rings (SSSR count). The molecule has 7 nitrogen and oxygen atoms in total. The molecular weight excluding hydrogens is 332 g/mol. The number of benzene rings is 1. The van der Waals surface area contributed by atoms with Gasteiger partial charge in [-0.15, -0.1) is 0 Å². The van der Waals surface area contributed by atoms with Gasteiger partial charge < -0.3 is 0 Å². The van der Waals surface area contributed by atoms with Gasteiger partial charge in [0, 0.05) is 24.2 Å². The molecule has 2 fully saturated rings. The van der Waals surface area contributed by atoms with Gasteiger partial charge in [0.2, 0.25) is 10.0 Å². The number of hydrogen-bond donors (Lipinski definition) is 1. The summed E-state index contributed by atoms with van der Waals surface area (Å²) in [5, 5.41) is 10.7. The van der Waals surface area contributed by atoms with E-state index in [0.717, 1.165) is 6.42 Å². The second kappa shape index (κ2) is 5.27. The molecule has 24 heavy (non-hydrogen) atoms. The molecule has 2 aliphatic carbocycles. The molecule has 0 amide bonds. The Bertz CT molecular complexity index is 800. The molecule has 0 aromatic heterocycles. The molecule has 0 spiro atoms. The number of ketones is 1. The van der Waals surface area contributed by atoms with Crippen molar-refractivity contribution in [2.45, 2.75) is 33.1 Å². The lowest BCUT2D eigenvalue weighted by molar-refractivity contribution is -0.384. The minimum absolute atomic E-state index is 0.0397. The zero-order valence-corrected chi connectivity index (χ0v) is 14.4. The molecule has 2 aliphatic rings. The Morgan fingerprint density at radius 3 is 2.38 bits per heavy atom. The molecule has 0 saturated heterocycles. The lowest BCUT2D eigenvalue weighted by atomic mass is 9.70. The number of carbonyl (C=O) groups is 1. The fourth-order valence-corrected chi connectivity index (χ4v) is 6.19. The van der Waals surface area contributed by atoms with Crippen molar-refractivity contribution >= 4 is 27.2 Å². The Labute approximate surface area is 140 Å². The fraction of sp³-hybridized carbons (Fsp3) is 0.562. The number of hydrogen-bond acceptors (Lipinski definition) is 5. The Balaban J connectivity index is 1.81. The van der Waals surface area contributed by atoms with Crippen LogP contribution in [-0.4, -0.2) is 24.9 Å². The van der Waals surface area contributed by atoms with E-state index < -0.39 is 20.4 Å².